The van der Waals surface area contributed by atoms with Gasteiger partial charge >= 0.3 is 5.97 Å². The number of benzene rings is 1. The normalized spacial score (nSPS) is 14.9. The van der Waals surface area contributed by atoms with E-state index in [-0.39, 0.29) is 11.3 Å². The minimum absolute atomic E-state index is 0.152. The Kier molecular flexibility index (Phi) is 6.28. The van der Waals surface area contributed by atoms with Gasteiger partial charge in [-0.15, -0.1) is 0 Å². The van der Waals surface area contributed by atoms with E-state index in [2.05, 4.69) is 19.2 Å². The Morgan fingerprint density at radius 3 is 2.52 bits per heavy atom. The van der Waals surface area contributed by atoms with Gasteiger partial charge in [0.15, 0.2) is 18.1 Å². The third kappa shape index (κ3) is 5.66. The second kappa shape index (κ2) is 8.23. The van der Waals surface area contributed by atoms with E-state index in [4.69, 9.17) is 14.6 Å². The number of amides is 1. The number of hydrogen-bond donors (Lipinski definition) is 2. The molecule has 0 heterocycles. The van der Waals surface area contributed by atoms with Crippen LogP contribution in [0, 0.1) is 11.3 Å². The van der Waals surface area contributed by atoms with Crippen molar-refractivity contribution < 1.29 is 24.2 Å². The predicted molar refractivity (Wildman–Crippen MR) is 94.2 cm³/mol. The Morgan fingerprint density at radius 1 is 1.24 bits per heavy atom. The van der Waals surface area contributed by atoms with Crippen LogP contribution in [0.3, 0.4) is 0 Å². The van der Waals surface area contributed by atoms with Gasteiger partial charge in [0, 0.05) is 12.1 Å². The summed E-state index contributed by atoms with van der Waals surface area (Å²) in [7, 11) is 0. The van der Waals surface area contributed by atoms with Crippen molar-refractivity contribution in [2.45, 2.75) is 40.0 Å². The van der Waals surface area contributed by atoms with Crippen molar-refractivity contribution >= 4 is 11.9 Å². The first-order chi connectivity index (χ1) is 11.8. The smallest absolute Gasteiger partial charge is 0.341 e. The average molecular weight is 349 g/mol. The van der Waals surface area contributed by atoms with Crippen molar-refractivity contribution in [3.05, 3.63) is 23.8 Å². The summed E-state index contributed by atoms with van der Waals surface area (Å²) in [6.07, 6.45) is 3.45. The van der Waals surface area contributed by atoms with Gasteiger partial charge in [0.05, 0.1) is 6.61 Å². The highest BCUT2D eigenvalue weighted by atomic mass is 16.5. The van der Waals surface area contributed by atoms with Crippen molar-refractivity contribution in [1.82, 2.24) is 5.32 Å². The third-order valence-electron chi connectivity index (χ3n) is 4.28. The Bertz CT molecular complexity index is 622. The highest BCUT2D eigenvalue weighted by Gasteiger charge is 2.42. The number of carbonyl (C=O) groups is 2. The van der Waals surface area contributed by atoms with Crippen LogP contribution in [-0.2, 0) is 4.79 Å². The molecule has 1 aromatic rings. The summed E-state index contributed by atoms with van der Waals surface area (Å²) in [4.78, 5) is 23.1. The Balaban J connectivity index is 2.01. The van der Waals surface area contributed by atoms with Crippen molar-refractivity contribution in [3.63, 3.8) is 0 Å². The lowest BCUT2D eigenvalue weighted by molar-refractivity contribution is -0.139. The lowest BCUT2D eigenvalue weighted by Gasteiger charge is -2.18. The molecule has 6 nitrogen and oxygen atoms in total. The average Bonchev–Trinajstić information content (AvgIpc) is 3.30. The van der Waals surface area contributed by atoms with E-state index in [0.29, 0.717) is 36.1 Å². The molecule has 25 heavy (non-hydrogen) atoms. The van der Waals surface area contributed by atoms with Crippen LogP contribution >= 0.6 is 0 Å². The van der Waals surface area contributed by atoms with E-state index in [1.165, 1.54) is 0 Å². The van der Waals surface area contributed by atoms with E-state index in [1.54, 1.807) is 18.2 Å². The molecular formula is C19H27NO5. The minimum atomic E-state index is -1.07. The van der Waals surface area contributed by atoms with Crippen LogP contribution in [0.2, 0.25) is 0 Å². The van der Waals surface area contributed by atoms with Crippen molar-refractivity contribution in [1.29, 1.82) is 0 Å². The molecular weight excluding hydrogens is 322 g/mol. The van der Waals surface area contributed by atoms with Gasteiger partial charge in [0.1, 0.15) is 0 Å². The van der Waals surface area contributed by atoms with Crippen LogP contribution in [0.5, 0.6) is 11.5 Å². The largest absolute Gasteiger partial charge is 0.490 e. The number of carboxylic acid groups (broad SMARTS) is 1. The second-order valence-electron chi connectivity index (χ2n) is 7.06. The molecule has 0 radical (unpaired) electrons. The van der Waals surface area contributed by atoms with Gasteiger partial charge in [-0.25, -0.2) is 4.79 Å². The van der Waals surface area contributed by atoms with Crippen LogP contribution < -0.4 is 14.8 Å². The van der Waals surface area contributed by atoms with E-state index in [0.717, 1.165) is 19.3 Å². The Morgan fingerprint density at radius 2 is 1.96 bits per heavy atom. The summed E-state index contributed by atoms with van der Waals surface area (Å²) >= 11 is 0. The van der Waals surface area contributed by atoms with Crippen LogP contribution in [-0.4, -0.2) is 36.7 Å². The maximum atomic E-state index is 12.4. The fraction of sp³-hybridized carbons (Fsp3) is 0.579. The first kappa shape index (κ1) is 19.1. The number of ether oxygens (including phenoxy) is 2. The lowest BCUT2D eigenvalue weighted by Crippen LogP contribution is -2.30. The van der Waals surface area contributed by atoms with Gasteiger partial charge in [-0.05, 0) is 55.7 Å². The molecule has 138 valence electrons. The fourth-order valence-electron chi connectivity index (χ4n) is 3.04. The predicted octanol–water partition coefficient (Wildman–Crippen LogP) is 3.10. The molecule has 0 unspecified atom stereocenters. The van der Waals surface area contributed by atoms with Gasteiger partial charge in [0.25, 0.3) is 5.91 Å². The molecule has 0 aromatic heterocycles. The van der Waals surface area contributed by atoms with Gasteiger partial charge in [0.2, 0.25) is 0 Å². The number of hydrogen-bond acceptors (Lipinski definition) is 4. The molecule has 0 aliphatic heterocycles. The molecule has 0 saturated heterocycles. The quantitative estimate of drug-likeness (QED) is 0.678. The third-order valence-corrected chi connectivity index (χ3v) is 4.28. The highest BCUT2D eigenvalue weighted by Crippen LogP contribution is 2.50. The van der Waals surface area contributed by atoms with E-state index in [9.17, 15) is 9.59 Å². The Labute approximate surface area is 148 Å². The molecule has 0 bridgehead atoms. The van der Waals surface area contributed by atoms with Crippen LogP contribution in [0.1, 0.15) is 50.4 Å². The topological polar surface area (TPSA) is 84.9 Å². The van der Waals surface area contributed by atoms with Crippen molar-refractivity contribution in [2.75, 3.05) is 19.8 Å². The molecule has 1 aliphatic rings. The molecule has 1 aromatic carbocycles. The molecule has 1 aliphatic carbocycles. The summed E-state index contributed by atoms with van der Waals surface area (Å²) in [6.45, 7) is 6.84. The monoisotopic (exact) mass is 349 g/mol. The molecule has 0 spiro atoms. The Hall–Kier alpha value is -2.24. The van der Waals surface area contributed by atoms with Crippen molar-refractivity contribution in [2.24, 2.45) is 11.3 Å². The van der Waals surface area contributed by atoms with Gasteiger partial charge in [-0.1, -0.05) is 13.8 Å². The summed E-state index contributed by atoms with van der Waals surface area (Å²) in [5.41, 5.74) is 0.739. The van der Waals surface area contributed by atoms with E-state index in [1.807, 2.05) is 6.92 Å². The summed E-state index contributed by atoms with van der Waals surface area (Å²) in [5.74, 6) is 0.0959. The van der Waals surface area contributed by atoms with Gasteiger partial charge < -0.3 is 19.9 Å². The number of carbonyl (C=O) groups excluding carboxylic acids is 1. The fourth-order valence-corrected chi connectivity index (χ4v) is 3.04. The molecule has 0 atom stereocenters. The molecule has 1 fully saturated rings. The standard InChI is InChI=1S/C19H27NO5/c1-4-24-16-9-14(5-6-15(16)25-11-17(21)22)18(23)20-12-19(7-8-19)10-13(2)3/h5-6,9,13H,4,7-8,10-12H2,1-3H3,(H,20,23)(H,21,22). The maximum absolute atomic E-state index is 12.4. The lowest BCUT2D eigenvalue weighted by atomic mass is 9.94. The van der Waals surface area contributed by atoms with E-state index < -0.39 is 12.6 Å². The molecule has 1 amide bonds. The molecule has 2 N–H and O–H groups in total. The maximum Gasteiger partial charge on any atom is 0.341 e. The van der Waals surface area contributed by atoms with Gasteiger partial charge in [-0.2, -0.15) is 0 Å². The SMILES string of the molecule is CCOc1cc(C(=O)NCC2(CC(C)C)CC2)ccc1OCC(=O)O. The summed E-state index contributed by atoms with van der Waals surface area (Å²) < 4.78 is 10.7. The van der Waals surface area contributed by atoms with Gasteiger partial charge in [-0.3, -0.25) is 4.79 Å². The number of aliphatic carboxylic acids is 1. The zero-order valence-electron chi connectivity index (χ0n) is 15.1. The van der Waals surface area contributed by atoms with Crippen LogP contribution in [0.4, 0.5) is 0 Å². The first-order valence-corrected chi connectivity index (χ1v) is 8.75. The molecule has 1 saturated carbocycles. The first-order valence-electron chi connectivity index (χ1n) is 8.75. The minimum Gasteiger partial charge on any atom is -0.490 e. The van der Waals surface area contributed by atoms with E-state index >= 15 is 0 Å². The van der Waals surface area contributed by atoms with Crippen molar-refractivity contribution in [3.8, 4) is 11.5 Å². The van der Waals surface area contributed by atoms with Crippen LogP contribution in [0.25, 0.3) is 0 Å². The number of nitrogens with one attached hydrogen (secondary N) is 1. The summed E-state index contributed by atoms with van der Waals surface area (Å²) in [5, 5.41) is 11.7. The highest BCUT2D eigenvalue weighted by molar-refractivity contribution is 5.95. The second-order valence-corrected chi connectivity index (χ2v) is 7.06. The van der Waals surface area contributed by atoms with Crippen LogP contribution in [0.15, 0.2) is 18.2 Å². The molecule has 2 rings (SSSR count). The summed E-state index contributed by atoms with van der Waals surface area (Å²) in [6, 6.07) is 4.79. The zero-order chi connectivity index (χ0) is 18.4. The number of carboxylic acids is 1. The molecule has 6 heteroatoms. The zero-order valence-corrected chi connectivity index (χ0v) is 15.1. The number of rotatable bonds is 10.